The zero-order valence-corrected chi connectivity index (χ0v) is 12.1. The van der Waals surface area contributed by atoms with Crippen LogP contribution in [0.5, 0.6) is 11.6 Å². The predicted molar refractivity (Wildman–Crippen MR) is 85.4 cm³/mol. The van der Waals surface area contributed by atoms with Crippen molar-refractivity contribution in [1.29, 1.82) is 0 Å². The first-order chi connectivity index (χ1) is 10.9. The summed E-state index contributed by atoms with van der Waals surface area (Å²) in [4.78, 5) is 13.7. The van der Waals surface area contributed by atoms with E-state index in [2.05, 4.69) is 15.1 Å². The van der Waals surface area contributed by atoms with Crippen LogP contribution in [-0.4, -0.2) is 22.8 Å². The van der Waals surface area contributed by atoms with Crippen LogP contribution in [-0.2, 0) is 0 Å². The molecule has 0 aliphatic rings. The van der Waals surface area contributed by atoms with E-state index >= 15 is 0 Å². The monoisotopic (exact) mass is 293 g/mol. The van der Waals surface area contributed by atoms with Gasteiger partial charge in [-0.15, -0.1) is 0 Å². The molecular formula is C17H15N3O2. The smallest absolute Gasteiger partial charge is 0.259 e. The van der Waals surface area contributed by atoms with Gasteiger partial charge in [0.1, 0.15) is 12.1 Å². The number of aromatic nitrogens is 2. The van der Waals surface area contributed by atoms with Crippen molar-refractivity contribution in [2.45, 2.75) is 6.92 Å². The van der Waals surface area contributed by atoms with E-state index in [0.29, 0.717) is 12.5 Å². The fourth-order valence-electron chi connectivity index (χ4n) is 2.01. The minimum Gasteiger partial charge on any atom is -0.494 e. The minimum atomic E-state index is 0.438. The highest BCUT2D eigenvalue weighted by atomic mass is 16.6. The quantitative estimate of drug-likeness (QED) is 0.534. The summed E-state index contributed by atoms with van der Waals surface area (Å²) < 4.78 is 5.39. The Morgan fingerprint density at radius 2 is 1.86 bits per heavy atom. The molecule has 110 valence electrons. The number of para-hydroxylation sites is 1. The molecule has 0 aliphatic heterocycles. The average Bonchev–Trinajstić information content (AvgIpc) is 2.57. The van der Waals surface area contributed by atoms with Gasteiger partial charge in [0.2, 0.25) is 0 Å². The van der Waals surface area contributed by atoms with Crippen molar-refractivity contribution in [3.63, 3.8) is 0 Å². The summed E-state index contributed by atoms with van der Waals surface area (Å²) >= 11 is 0. The summed E-state index contributed by atoms with van der Waals surface area (Å²) in [5.41, 5.74) is 1.74. The molecule has 3 rings (SSSR count). The molecule has 0 atom stereocenters. The van der Waals surface area contributed by atoms with Gasteiger partial charge in [-0.1, -0.05) is 17.3 Å². The van der Waals surface area contributed by atoms with Gasteiger partial charge in [-0.25, -0.2) is 4.98 Å². The molecule has 3 aromatic rings. The molecule has 0 aliphatic carbocycles. The lowest BCUT2D eigenvalue weighted by Crippen LogP contribution is -1.93. The second-order valence-corrected chi connectivity index (χ2v) is 4.52. The third-order valence-corrected chi connectivity index (χ3v) is 3.04. The summed E-state index contributed by atoms with van der Waals surface area (Å²) in [5, 5.41) is 4.81. The summed E-state index contributed by atoms with van der Waals surface area (Å²) in [6.07, 6.45) is 3.09. The molecule has 0 bridgehead atoms. The van der Waals surface area contributed by atoms with E-state index in [1.807, 2.05) is 55.5 Å². The van der Waals surface area contributed by atoms with Gasteiger partial charge in [-0.05, 0) is 48.9 Å². The number of hydrogen-bond donors (Lipinski definition) is 0. The molecule has 5 heteroatoms. The fraction of sp³-hybridized carbons (Fsp3) is 0.118. The van der Waals surface area contributed by atoms with Crippen LogP contribution in [0.15, 0.2) is 60.0 Å². The van der Waals surface area contributed by atoms with E-state index in [1.165, 1.54) is 6.33 Å². The Bertz CT molecular complexity index is 780. The number of hydrogen-bond acceptors (Lipinski definition) is 5. The number of oxime groups is 1. The highest BCUT2D eigenvalue weighted by molar-refractivity contribution is 5.83. The third kappa shape index (κ3) is 3.20. The molecule has 0 unspecified atom stereocenters. The molecule has 1 heterocycles. The maximum atomic E-state index is 5.39. The lowest BCUT2D eigenvalue weighted by Gasteiger charge is -2.03. The summed E-state index contributed by atoms with van der Waals surface area (Å²) in [5.74, 6) is 1.27. The molecule has 1 aromatic heterocycles. The molecule has 2 aromatic carbocycles. The molecule has 5 nitrogen and oxygen atoms in total. The van der Waals surface area contributed by atoms with Crippen molar-refractivity contribution in [3.05, 3.63) is 60.4 Å². The first kappa shape index (κ1) is 14.0. The second-order valence-electron chi connectivity index (χ2n) is 4.52. The van der Waals surface area contributed by atoms with Gasteiger partial charge in [0.25, 0.3) is 5.88 Å². The van der Waals surface area contributed by atoms with Crippen LogP contribution in [0, 0.1) is 0 Å². The van der Waals surface area contributed by atoms with Crippen LogP contribution < -0.4 is 9.57 Å². The zero-order chi connectivity index (χ0) is 15.2. The maximum absolute atomic E-state index is 5.39. The maximum Gasteiger partial charge on any atom is 0.259 e. The zero-order valence-electron chi connectivity index (χ0n) is 12.1. The molecular weight excluding hydrogens is 278 g/mol. The van der Waals surface area contributed by atoms with Crippen LogP contribution in [0.2, 0.25) is 0 Å². The Labute approximate surface area is 128 Å². The molecule has 0 saturated heterocycles. The van der Waals surface area contributed by atoms with Crippen molar-refractivity contribution in [1.82, 2.24) is 9.97 Å². The van der Waals surface area contributed by atoms with Crippen molar-refractivity contribution >= 4 is 17.1 Å². The Kier molecular flexibility index (Phi) is 4.25. The van der Waals surface area contributed by atoms with E-state index < -0.39 is 0 Å². The Morgan fingerprint density at radius 1 is 1.05 bits per heavy atom. The Balaban J connectivity index is 1.73. The number of nitrogens with zero attached hydrogens (tertiary/aromatic N) is 3. The van der Waals surface area contributed by atoms with Crippen LogP contribution in [0.1, 0.15) is 12.5 Å². The molecule has 0 spiro atoms. The normalized spacial score (nSPS) is 11.0. The van der Waals surface area contributed by atoms with Crippen molar-refractivity contribution < 1.29 is 9.57 Å². The summed E-state index contributed by atoms with van der Waals surface area (Å²) in [6, 6.07) is 15.2. The van der Waals surface area contributed by atoms with Crippen LogP contribution >= 0.6 is 0 Å². The standard InChI is InChI=1S/C17H15N3O2/c1-2-21-14-9-7-13(8-10-14)11-20-22-17-15-5-3-4-6-16(15)18-12-19-17/h3-12H,2H2,1H3. The molecule has 22 heavy (non-hydrogen) atoms. The van der Waals surface area contributed by atoms with Crippen LogP contribution in [0.25, 0.3) is 10.9 Å². The largest absolute Gasteiger partial charge is 0.494 e. The third-order valence-electron chi connectivity index (χ3n) is 3.04. The van der Waals surface area contributed by atoms with E-state index in [0.717, 1.165) is 22.2 Å². The SMILES string of the molecule is CCOc1ccc(C=NOc2ncnc3ccccc23)cc1. The molecule has 0 amide bonds. The Hall–Kier alpha value is -2.95. The lowest BCUT2D eigenvalue weighted by molar-refractivity contribution is 0.334. The summed E-state index contributed by atoms with van der Waals surface area (Å²) in [6.45, 7) is 2.60. The number of rotatable bonds is 5. The minimum absolute atomic E-state index is 0.438. The molecule has 0 radical (unpaired) electrons. The van der Waals surface area contributed by atoms with Gasteiger partial charge in [0.05, 0.1) is 23.7 Å². The van der Waals surface area contributed by atoms with E-state index in [4.69, 9.17) is 9.57 Å². The number of fused-ring (bicyclic) bond motifs is 1. The van der Waals surface area contributed by atoms with Gasteiger partial charge in [0, 0.05) is 0 Å². The molecule has 0 N–H and O–H groups in total. The van der Waals surface area contributed by atoms with E-state index in [9.17, 15) is 0 Å². The van der Waals surface area contributed by atoms with E-state index in [-0.39, 0.29) is 0 Å². The van der Waals surface area contributed by atoms with Gasteiger partial charge >= 0.3 is 0 Å². The van der Waals surface area contributed by atoms with Gasteiger partial charge in [0.15, 0.2) is 0 Å². The van der Waals surface area contributed by atoms with Crippen molar-refractivity contribution in [3.8, 4) is 11.6 Å². The van der Waals surface area contributed by atoms with Crippen LogP contribution in [0.4, 0.5) is 0 Å². The average molecular weight is 293 g/mol. The topological polar surface area (TPSA) is 56.6 Å². The van der Waals surface area contributed by atoms with E-state index in [1.54, 1.807) is 6.21 Å². The number of benzene rings is 2. The molecule has 0 fully saturated rings. The van der Waals surface area contributed by atoms with Crippen molar-refractivity contribution in [2.24, 2.45) is 5.16 Å². The fourth-order valence-corrected chi connectivity index (χ4v) is 2.01. The van der Waals surface area contributed by atoms with Gasteiger partial charge in [-0.2, -0.15) is 4.98 Å². The predicted octanol–water partition coefficient (Wildman–Crippen LogP) is 3.44. The first-order valence-corrected chi connectivity index (χ1v) is 7.00. The second kappa shape index (κ2) is 6.67. The lowest BCUT2D eigenvalue weighted by atomic mass is 10.2. The van der Waals surface area contributed by atoms with Crippen molar-refractivity contribution in [2.75, 3.05) is 6.61 Å². The summed E-state index contributed by atoms with van der Waals surface area (Å²) in [7, 11) is 0. The highest BCUT2D eigenvalue weighted by Crippen LogP contribution is 2.20. The first-order valence-electron chi connectivity index (χ1n) is 7.00. The molecule has 0 saturated carbocycles. The highest BCUT2D eigenvalue weighted by Gasteiger charge is 2.03. The van der Waals surface area contributed by atoms with Gasteiger partial charge in [-0.3, -0.25) is 0 Å². The Morgan fingerprint density at radius 3 is 2.68 bits per heavy atom. The van der Waals surface area contributed by atoms with Crippen LogP contribution in [0.3, 0.4) is 0 Å². The van der Waals surface area contributed by atoms with Gasteiger partial charge < -0.3 is 9.57 Å². The number of ether oxygens (including phenoxy) is 1.